The van der Waals surface area contributed by atoms with E-state index in [1.54, 1.807) is 0 Å². The van der Waals surface area contributed by atoms with Crippen LogP contribution in [0.5, 0.6) is 0 Å². The Morgan fingerprint density at radius 1 is 0.403 bits per heavy atom. The van der Waals surface area contributed by atoms with E-state index in [4.69, 9.17) is 14.4 Å². The highest BCUT2D eigenvalue weighted by Crippen LogP contribution is 2.48. The molecule has 5 nitrogen and oxygen atoms in total. The van der Waals surface area contributed by atoms with Gasteiger partial charge in [0.15, 0.2) is 0 Å². The van der Waals surface area contributed by atoms with Crippen LogP contribution in [-0.4, -0.2) is 14.5 Å². The Bertz CT molecular complexity index is 4090. The first-order valence-corrected chi connectivity index (χ1v) is 24.0. The molecular formula is C60H36N4OS2. The minimum absolute atomic E-state index is 0.886. The molecule has 0 aliphatic rings. The van der Waals surface area contributed by atoms with E-state index < -0.39 is 0 Å². The van der Waals surface area contributed by atoms with Gasteiger partial charge in [-0.1, -0.05) is 109 Å². The predicted molar refractivity (Wildman–Crippen MR) is 283 cm³/mol. The molecule has 0 atom stereocenters. The Labute approximate surface area is 392 Å². The lowest BCUT2D eigenvalue weighted by atomic mass is 10.0. The zero-order chi connectivity index (χ0) is 44.0. The summed E-state index contributed by atoms with van der Waals surface area (Å²) in [6.07, 6.45) is 3.82. The zero-order valence-electron chi connectivity index (χ0n) is 35.8. The van der Waals surface area contributed by atoms with Gasteiger partial charge in [0.2, 0.25) is 0 Å². The number of fused-ring (bicyclic) bond motifs is 9. The average Bonchev–Trinajstić information content (AvgIpc) is 4.15. The zero-order valence-corrected chi connectivity index (χ0v) is 37.4. The van der Waals surface area contributed by atoms with E-state index in [1.807, 2.05) is 35.1 Å². The molecule has 8 aromatic carbocycles. The predicted octanol–water partition coefficient (Wildman–Crippen LogP) is 17.5. The highest BCUT2D eigenvalue weighted by atomic mass is 32.1. The smallest absolute Gasteiger partial charge is 0.137 e. The standard InChI is InChI=1S/C60H36N4OS2/c1-2-16-42(17-3-1)64-51-23-9-8-22-47(51)48-33-50-49-32-39(24-25-53(49)65-54(50)34-52(48)64)55-35-56-57(66-55)36-58(67-56)63(43-18-10-14-40(30-43)59-45-20-6-4-12-37(45)26-28-61-59)44-19-11-15-41(31-44)60-46-21-7-5-13-38(46)27-29-62-60/h1-36H. The fraction of sp³-hybridized carbons (Fsp3) is 0. The van der Waals surface area contributed by atoms with Crippen molar-refractivity contribution in [1.29, 1.82) is 0 Å². The minimum Gasteiger partial charge on any atom is -0.456 e. The molecule has 0 aliphatic carbocycles. The van der Waals surface area contributed by atoms with Gasteiger partial charge in [-0.25, -0.2) is 0 Å². The van der Waals surface area contributed by atoms with Gasteiger partial charge in [0.1, 0.15) is 16.2 Å². The Hall–Kier alpha value is -8.36. The van der Waals surface area contributed by atoms with E-state index in [1.165, 1.54) is 46.9 Å². The van der Waals surface area contributed by atoms with Crippen molar-refractivity contribution in [2.75, 3.05) is 4.90 Å². The van der Waals surface area contributed by atoms with E-state index in [9.17, 15) is 0 Å². The molecule has 0 spiro atoms. The summed E-state index contributed by atoms with van der Waals surface area (Å²) in [6, 6.07) is 73.8. The molecule has 0 aliphatic heterocycles. The lowest BCUT2D eigenvalue weighted by Crippen LogP contribution is -2.08. The monoisotopic (exact) mass is 892 g/mol. The van der Waals surface area contributed by atoms with Crippen LogP contribution in [0.3, 0.4) is 0 Å². The number of hydrogen-bond acceptors (Lipinski definition) is 6. The number of furan rings is 1. The third-order valence-corrected chi connectivity index (χ3v) is 15.4. The van der Waals surface area contributed by atoms with Gasteiger partial charge >= 0.3 is 0 Å². The maximum absolute atomic E-state index is 6.60. The van der Waals surface area contributed by atoms with Crippen LogP contribution in [0.15, 0.2) is 223 Å². The Morgan fingerprint density at radius 3 is 1.73 bits per heavy atom. The summed E-state index contributed by atoms with van der Waals surface area (Å²) in [6.45, 7) is 0. The molecule has 314 valence electrons. The summed E-state index contributed by atoms with van der Waals surface area (Å²) < 4.78 is 11.4. The van der Waals surface area contributed by atoms with Gasteiger partial charge in [0.05, 0.1) is 22.4 Å². The molecule has 7 heteroatoms. The quantitative estimate of drug-likeness (QED) is 0.160. The van der Waals surface area contributed by atoms with Gasteiger partial charge in [-0.05, 0) is 107 Å². The van der Waals surface area contributed by atoms with Crippen molar-refractivity contribution < 1.29 is 4.42 Å². The number of aromatic nitrogens is 3. The molecule has 0 amide bonds. The second kappa shape index (κ2) is 15.1. The summed E-state index contributed by atoms with van der Waals surface area (Å²) >= 11 is 3.65. The van der Waals surface area contributed by atoms with Crippen molar-refractivity contribution in [2.45, 2.75) is 0 Å². The lowest BCUT2D eigenvalue weighted by Gasteiger charge is -2.25. The van der Waals surface area contributed by atoms with Crippen LogP contribution in [0.2, 0.25) is 0 Å². The molecule has 0 radical (unpaired) electrons. The SMILES string of the molecule is c1ccc(-n2c3ccccc3c3cc4c(cc32)oc2ccc(-c3cc5sc(N(c6cccc(-c7nccc8ccccc78)c6)c6cccc(-c7nccc8ccccc78)c6)cc5s3)cc24)cc1. The van der Waals surface area contributed by atoms with E-state index in [0.29, 0.717) is 0 Å². The maximum atomic E-state index is 6.60. The van der Waals surface area contributed by atoms with Crippen molar-refractivity contribution >= 4 is 114 Å². The largest absolute Gasteiger partial charge is 0.456 e. The van der Waals surface area contributed by atoms with Crippen molar-refractivity contribution in [3.63, 3.8) is 0 Å². The Balaban J connectivity index is 0.884. The number of thiophene rings is 2. The number of rotatable bonds is 7. The average molecular weight is 893 g/mol. The molecular weight excluding hydrogens is 857 g/mol. The molecule has 0 saturated carbocycles. The van der Waals surface area contributed by atoms with E-state index in [2.05, 4.69) is 216 Å². The van der Waals surface area contributed by atoms with E-state index >= 15 is 0 Å². The topological polar surface area (TPSA) is 47.1 Å². The molecule has 67 heavy (non-hydrogen) atoms. The number of nitrogens with zero attached hydrogens (tertiary/aromatic N) is 4. The molecule has 6 aromatic heterocycles. The first-order valence-electron chi connectivity index (χ1n) is 22.4. The molecule has 0 N–H and O–H groups in total. The summed E-state index contributed by atoms with van der Waals surface area (Å²) in [7, 11) is 0. The summed E-state index contributed by atoms with van der Waals surface area (Å²) in [4.78, 5) is 13.4. The number of hydrogen-bond donors (Lipinski definition) is 0. The van der Waals surface area contributed by atoms with Gasteiger partial charge in [-0.3, -0.25) is 9.97 Å². The number of benzene rings is 8. The second-order valence-corrected chi connectivity index (χ2v) is 19.1. The third kappa shape index (κ3) is 6.20. The van der Waals surface area contributed by atoms with E-state index in [0.717, 1.165) is 82.8 Å². The fourth-order valence-corrected chi connectivity index (χ4v) is 12.4. The van der Waals surface area contributed by atoms with Gasteiger partial charge < -0.3 is 13.9 Å². The summed E-state index contributed by atoms with van der Waals surface area (Å²) in [5.41, 5.74) is 12.6. The molecule has 0 saturated heterocycles. The van der Waals surface area contributed by atoms with Crippen LogP contribution in [-0.2, 0) is 0 Å². The Kier molecular flexibility index (Phi) is 8.56. The van der Waals surface area contributed by atoms with Crippen LogP contribution in [0.4, 0.5) is 16.4 Å². The molecule has 0 fully saturated rings. The highest BCUT2D eigenvalue weighted by molar-refractivity contribution is 7.31. The maximum Gasteiger partial charge on any atom is 0.137 e. The van der Waals surface area contributed by atoms with Crippen LogP contribution >= 0.6 is 22.7 Å². The fourth-order valence-electron chi connectivity index (χ4n) is 10.0. The van der Waals surface area contributed by atoms with Crippen molar-refractivity contribution in [3.05, 3.63) is 219 Å². The van der Waals surface area contributed by atoms with E-state index in [-0.39, 0.29) is 0 Å². The van der Waals surface area contributed by atoms with Gasteiger partial charge in [-0.15, -0.1) is 22.7 Å². The third-order valence-electron chi connectivity index (χ3n) is 13.1. The highest BCUT2D eigenvalue weighted by Gasteiger charge is 2.21. The molecule has 0 bridgehead atoms. The molecule has 6 heterocycles. The van der Waals surface area contributed by atoms with Gasteiger partial charge in [-0.2, -0.15) is 0 Å². The summed E-state index contributed by atoms with van der Waals surface area (Å²) in [5, 5.41) is 10.4. The first kappa shape index (κ1) is 38.0. The van der Waals surface area contributed by atoms with Crippen LogP contribution in [0.1, 0.15) is 0 Å². The van der Waals surface area contributed by atoms with Crippen molar-refractivity contribution in [1.82, 2.24) is 14.5 Å². The summed E-state index contributed by atoms with van der Waals surface area (Å²) in [5.74, 6) is 0. The number of para-hydroxylation sites is 2. The van der Waals surface area contributed by atoms with Crippen molar-refractivity contribution in [2.24, 2.45) is 0 Å². The molecule has 0 unspecified atom stereocenters. The van der Waals surface area contributed by atoms with Crippen molar-refractivity contribution in [3.8, 4) is 38.6 Å². The van der Waals surface area contributed by atoms with Gasteiger partial charge in [0, 0.05) is 93.2 Å². The number of pyridine rings is 2. The first-order chi connectivity index (χ1) is 33.2. The Morgan fingerprint density at radius 2 is 1.03 bits per heavy atom. The van der Waals surface area contributed by atoms with Crippen LogP contribution in [0.25, 0.3) is 113 Å². The van der Waals surface area contributed by atoms with Crippen LogP contribution < -0.4 is 4.90 Å². The lowest BCUT2D eigenvalue weighted by molar-refractivity contribution is 0.669. The molecule has 14 rings (SSSR count). The van der Waals surface area contributed by atoms with Crippen LogP contribution in [0, 0.1) is 0 Å². The second-order valence-electron chi connectivity index (χ2n) is 17.0. The number of anilines is 3. The minimum atomic E-state index is 0.886. The van der Waals surface area contributed by atoms with Gasteiger partial charge in [0.25, 0.3) is 0 Å². The molecule has 14 aromatic rings. The normalized spacial score (nSPS) is 11.9.